The summed E-state index contributed by atoms with van der Waals surface area (Å²) in [5.74, 6) is -0.579. The van der Waals surface area contributed by atoms with E-state index in [1.165, 1.54) is 25.8 Å². The maximum absolute atomic E-state index is 11.7. The number of carboxylic acids is 1. The Kier molecular flexibility index (Phi) is 5.67. The SMILES string of the molecule is CCCC1(C(=O)O)CCN(C2CCCN(C(C)C)CC2)C1. The standard InChI is InChI=1S/C17H32N2O2/c1-4-8-17(16(20)21)9-12-19(13-17)15-6-5-10-18(11-7-15)14(2)3/h14-15H,4-13H2,1-3H3,(H,20,21). The summed E-state index contributed by atoms with van der Waals surface area (Å²) in [6, 6.07) is 1.22. The summed E-state index contributed by atoms with van der Waals surface area (Å²) < 4.78 is 0. The van der Waals surface area contributed by atoms with E-state index in [0.717, 1.165) is 38.9 Å². The fraction of sp³-hybridized carbons (Fsp3) is 0.941. The molecule has 2 aliphatic heterocycles. The molecule has 0 saturated carbocycles. The normalized spacial score (nSPS) is 32.5. The maximum atomic E-state index is 11.7. The highest BCUT2D eigenvalue weighted by Crippen LogP contribution is 2.37. The van der Waals surface area contributed by atoms with Gasteiger partial charge in [-0.2, -0.15) is 0 Å². The Morgan fingerprint density at radius 3 is 2.67 bits per heavy atom. The van der Waals surface area contributed by atoms with Gasteiger partial charge in [-0.05, 0) is 65.6 Å². The minimum atomic E-state index is -0.579. The molecule has 0 aromatic rings. The molecule has 2 aliphatic rings. The van der Waals surface area contributed by atoms with Crippen LogP contribution in [-0.4, -0.2) is 59.1 Å². The molecule has 0 amide bonds. The van der Waals surface area contributed by atoms with Crippen LogP contribution in [0.5, 0.6) is 0 Å². The summed E-state index contributed by atoms with van der Waals surface area (Å²) in [5, 5.41) is 9.65. The molecule has 0 bridgehead atoms. The molecule has 0 radical (unpaired) electrons. The predicted octanol–water partition coefficient (Wildman–Crippen LogP) is 2.83. The van der Waals surface area contributed by atoms with Crippen molar-refractivity contribution in [3.63, 3.8) is 0 Å². The largest absolute Gasteiger partial charge is 0.481 e. The lowest BCUT2D eigenvalue weighted by molar-refractivity contribution is -0.148. The van der Waals surface area contributed by atoms with Crippen molar-refractivity contribution >= 4 is 5.97 Å². The Balaban J connectivity index is 1.96. The van der Waals surface area contributed by atoms with Crippen LogP contribution in [0.25, 0.3) is 0 Å². The second-order valence-electron chi connectivity index (χ2n) is 7.27. The van der Waals surface area contributed by atoms with E-state index in [1.54, 1.807) is 0 Å². The highest BCUT2D eigenvalue weighted by Gasteiger charge is 2.45. The monoisotopic (exact) mass is 296 g/mol. The second-order valence-corrected chi connectivity index (χ2v) is 7.27. The molecule has 1 N–H and O–H groups in total. The van der Waals surface area contributed by atoms with Crippen LogP contribution in [0.3, 0.4) is 0 Å². The van der Waals surface area contributed by atoms with Gasteiger partial charge in [0.25, 0.3) is 0 Å². The molecule has 0 spiro atoms. The van der Waals surface area contributed by atoms with Gasteiger partial charge < -0.3 is 10.0 Å². The molecule has 2 fully saturated rings. The Morgan fingerprint density at radius 2 is 2.05 bits per heavy atom. The summed E-state index contributed by atoms with van der Waals surface area (Å²) in [6.45, 7) is 10.7. The fourth-order valence-electron chi connectivity index (χ4n) is 4.16. The lowest BCUT2D eigenvalue weighted by Gasteiger charge is -2.30. The summed E-state index contributed by atoms with van der Waals surface area (Å²) in [5.41, 5.74) is -0.473. The first-order chi connectivity index (χ1) is 9.98. The zero-order chi connectivity index (χ0) is 15.5. The summed E-state index contributed by atoms with van der Waals surface area (Å²) in [7, 11) is 0. The second kappa shape index (κ2) is 7.10. The average molecular weight is 296 g/mol. The van der Waals surface area contributed by atoms with Gasteiger partial charge in [0, 0.05) is 18.6 Å². The minimum absolute atomic E-state index is 0.473. The van der Waals surface area contributed by atoms with E-state index < -0.39 is 11.4 Å². The highest BCUT2D eigenvalue weighted by molar-refractivity contribution is 5.75. The molecule has 122 valence electrons. The maximum Gasteiger partial charge on any atom is 0.310 e. The van der Waals surface area contributed by atoms with E-state index in [-0.39, 0.29) is 0 Å². The molecule has 2 unspecified atom stereocenters. The van der Waals surface area contributed by atoms with Crippen LogP contribution < -0.4 is 0 Å². The van der Waals surface area contributed by atoms with E-state index in [1.807, 2.05) is 0 Å². The van der Waals surface area contributed by atoms with E-state index in [9.17, 15) is 9.90 Å². The molecule has 4 nitrogen and oxygen atoms in total. The van der Waals surface area contributed by atoms with E-state index in [4.69, 9.17) is 0 Å². The van der Waals surface area contributed by atoms with Crippen LogP contribution in [0.1, 0.15) is 59.3 Å². The zero-order valence-corrected chi connectivity index (χ0v) is 14.0. The predicted molar refractivity (Wildman–Crippen MR) is 85.5 cm³/mol. The molecule has 2 heterocycles. The quantitative estimate of drug-likeness (QED) is 0.847. The summed E-state index contributed by atoms with van der Waals surface area (Å²) in [4.78, 5) is 16.8. The van der Waals surface area contributed by atoms with E-state index >= 15 is 0 Å². The van der Waals surface area contributed by atoms with Crippen molar-refractivity contribution in [2.24, 2.45) is 5.41 Å². The van der Waals surface area contributed by atoms with Gasteiger partial charge in [-0.3, -0.25) is 9.69 Å². The van der Waals surface area contributed by atoms with Crippen molar-refractivity contribution in [1.29, 1.82) is 0 Å². The first-order valence-corrected chi connectivity index (χ1v) is 8.70. The van der Waals surface area contributed by atoms with Crippen molar-refractivity contribution in [3.8, 4) is 0 Å². The van der Waals surface area contributed by atoms with Gasteiger partial charge in [-0.15, -0.1) is 0 Å². The van der Waals surface area contributed by atoms with Crippen molar-refractivity contribution in [3.05, 3.63) is 0 Å². The first kappa shape index (κ1) is 16.8. The molecule has 2 rings (SSSR count). The van der Waals surface area contributed by atoms with Gasteiger partial charge in [0.15, 0.2) is 0 Å². The van der Waals surface area contributed by atoms with Crippen molar-refractivity contribution in [1.82, 2.24) is 9.80 Å². The van der Waals surface area contributed by atoms with E-state index in [2.05, 4.69) is 30.6 Å². The first-order valence-electron chi connectivity index (χ1n) is 8.70. The molecule has 2 atom stereocenters. The molecular weight excluding hydrogens is 264 g/mol. The van der Waals surface area contributed by atoms with Gasteiger partial charge in [0.1, 0.15) is 0 Å². The molecular formula is C17H32N2O2. The van der Waals surface area contributed by atoms with Crippen molar-refractivity contribution in [2.75, 3.05) is 26.2 Å². The fourth-order valence-corrected chi connectivity index (χ4v) is 4.16. The molecule has 4 heteroatoms. The van der Waals surface area contributed by atoms with Gasteiger partial charge in [0.2, 0.25) is 0 Å². The summed E-state index contributed by atoms with van der Waals surface area (Å²) >= 11 is 0. The number of likely N-dealkylation sites (tertiary alicyclic amines) is 2. The number of nitrogens with zero attached hydrogens (tertiary/aromatic N) is 2. The smallest absolute Gasteiger partial charge is 0.310 e. The van der Waals surface area contributed by atoms with Crippen LogP contribution in [0.15, 0.2) is 0 Å². The number of carbonyl (C=O) groups is 1. The highest BCUT2D eigenvalue weighted by atomic mass is 16.4. The topological polar surface area (TPSA) is 43.8 Å². The molecule has 0 aromatic heterocycles. The van der Waals surface area contributed by atoms with Gasteiger partial charge in [-0.25, -0.2) is 0 Å². The minimum Gasteiger partial charge on any atom is -0.481 e. The van der Waals surface area contributed by atoms with Crippen LogP contribution >= 0.6 is 0 Å². The van der Waals surface area contributed by atoms with Crippen molar-refractivity contribution in [2.45, 2.75) is 71.4 Å². The van der Waals surface area contributed by atoms with Crippen LogP contribution in [0, 0.1) is 5.41 Å². The zero-order valence-electron chi connectivity index (χ0n) is 14.0. The Labute approximate surface area is 129 Å². The third-order valence-corrected chi connectivity index (χ3v) is 5.54. The Morgan fingerprint density at radius 1 is 1.29 bits per heavy atom. The number of hydrogen-bond donors (Lipinski definition) is 1. The lowest BCUT2D eigenvalue weighted by Crippen LogP contribution is -2.39. The summed E-state index contributed by atoms with van der Waals surface area (Å²) in [6.07, 6.45) is 6.29. The number of aliphatic carboxylic acids is 1. The van der Waals surface area contributed by atoms with Crippen LogP contribution in [-0.2, 0) is 4.79 Å². The van der Waals surface area contributed by atoms with Gasteiger partial charge in [-0.1, -0.05) is 13.3 Å². The van der Waals surface area contributed by atoms with Crippen LogP contribution in [0.4, 0.5) is 0 Å². The molecule has 2 saturated heterocycles. The number of hydrogen-bond acceptors (Lipinski definition) is 3. The number of carboxylic acid groups (broad SMARTS) is 1. The van der Waals surface area contributed by atoms with Gasteiger partial charge >= 0.3 is 5.97 Å². The third kappa shape index (κ3) is 3.78. The van der Waals surface area contributed by atoms with Crippen LogP contribution in [0.2, 0.25) is 0 Å². The lowest BCUT2D eigenvalue weighted by atomic mass is 9.82. The Hall–Kier alpha value is -0.610. The number of rotatable bonds is 5. The van der Waals surface area contributed by atoms with E-state index in [0.29, 0.717) is 12.1 Å². The molecule has 21 heavy (non-hydrogen) atoms. The molecule has 0 aromatic carbocycles. The Bertz CT molecular complexity index is 359. The average Bonchev–Trinajstić information content (AvgIpc) is 2.71. The van der Waals surface area contributed by atoms with Gasteiger partial charge in [0.05, 0.1) is 5.41 Å². The molecule has 0 aliphatic carbocycles. The third-order valence-electron chi connectivity index (χ3n) is 5.54. The van der Waals surface area contributed by atoms with Crippen molar-refractivity contribution < 1.29 is 9.90 Å².